The highest BCUT2D eigenvalue weighted by Gasteiger charge is 2.19. The smallest absolute Gasteiger partial charge is 0.160 e. The second-order valence-electron chi connectivity index (χ2n) is 14.2. The minimum Gasteiger partial charge on any atom is -0.454 e. The van der Waals surface area contributed by atoms with Crippen LogP contribution in [0.1, 0.15) is 0 Å². The summed E-state index contributed by atoms with van der Waals surface area (Å²) < 4.78 is 8.93. The maximum atomic E-state index is 6.59. The molecule has 0 aliphatic rings. The Bertz CT molecular complexity index is 3150. The first-order chi connectivity index (χ1) is 27.7. The van der Waals surface area contributed by atoms with Crippen LogP contribution < -0.4 is 0 Å². The number of aromatic nitrogens is 3. The van der Waals surface area contributed by atoms with E-state index in [0.717, 1.165) is 94.4 Å². The number of hydrogen-bond acceptors (Lipinski definition) is 3. The van der Waals surface area contributed by atoms with Crippen LogP contribution in [0.2, 0.25) is 0 Å². The normalized spacial score (nSPS) is 11.6. The Morgan fingerprint density at radius 3 is 1.62 bits per heavy atom. The molecular formula is C52H33N3O. The molecule has 0 atom stereocenters. The lowest BCUT2D eigenvalue weighted by Gasteiger charge is -2.12. The van der Waals surface area contributed by atoms with E-state index in [2.05, 4.69) is 180 Å². The number of nitrogens with zero attached hydrogens (tertiary/aromatic N) is 3. The summed E-state index contributed by atoms with van der Waals surface area (Å²) in [4.78, 5) is 10.6. The van der Waals surface area contributed by atoms with E-state index in [0.29, 0.717) is 5.82 Å². The molecule has 0 saturated heterocycles. The third kappa shape index (κ3) is 5.39. The van der Waals surface area contributed by atoms with Crippen LogP contribution in [0.3, 0.4) is 0 Å². The van der Waals surface area contributed by atoms with Crippen LogP contribution in [0.5, 0.6) is 0 Å². The van der Waals surface area contributed by atoms with E-state index < -0.39 is 0 Å². The molecule has 3 heterocycles. The number of hydrogen-bond donors (Lipinski definition) is 0. The fourth-order valence-corrected chi connectivity index (χ4v) is 8.13. The van der Waals surface area contributed by atoms with Gasteiger partial charge in [0.1, 0.15) is 5.58 Å². The lowest BCUT2D eigenvalue weighted by atomic mass is 10.00. The number of para-hydroxylation sites is 3. The maximum Gasteiger partial charge on any atom is 0.160 e. The van der Waals surface area contributed by atoms with E-state index in [4.69, 9.17) is 14.4 Å². The highest BCUT2D eigenvalue weighted by atomic mass is 16.3. The Morgan fingerprint density at radius 1 is 0.339 bits per heavy atom. The van der Waals surface area contributed by atoms with Crippen molar-refractivity contribution in [3.63, 3.8) is 0 Å². The SMILES string of the molecule is c1ccc(-c2cccc(-c3cc(-c4ccc5c6ccccc6n(-c6cccc7c6oc6ccccc67)c5c4)nc(-c4cccc(-c5ccccc5)c4)n3)c2)cc1. The van der Waals surface area contributed by atoms with Crippen LogP contribution in [0.4, 0.5) is 0 Å². The molecule has 0 unspecified atom stereocenters. The molecule has 4 heteroatoms. The molecule has 11 rings (SSSR count). The van der Waals surface area contributed by atoms with Gasteiger partial charge in [0.05, 0.1) is 28.1 Å². The van der Waals surface area contributed by atoms with Crippen molar-refractivity contribution in [3.8, 4) is 61.8 Å². The van der Waals surface area contributed by atoms with Gasteiger partial charge in [-0.1, -0.05) is 158 Å². The van der Waals surface area contributed by atoms with Crippen molar-refractivity contribution >= 4 is 43.7 Å². The third-order valence-electron chi connectivity index (χ3n) is 10.8. The molecule has 0 fully saturated rings. The molecule has 0 radical (unpaired) electrons. The molecule has 11 aromatic rings. The minimum absolute atomic E-state index is 0.674. The number of fused-ring (bicyclic) bond motifs is 6. The van der Waals surface area contributed by atoms with Gasteiger partial charge in [-0.15, -0.1) is 0 Å². The summed E-state index contributed by atoms with van der Waals surface area (Å²) in [7, 11) is 0. The molecule has 3 aromatic heterocycles. The van der Waals surface area contributed by atoms with Crippen LogP contribution in [-0.2, 0) is 0 Å². The van der Waals surface area contributed by atoms with Gasteiger partial charge in [-0.2, -0.15) is 0 Å². The molecule has 56 heavy (non-hydrogen) atoms. The molecule has 0 bridgehead atoms. The zero-order valence-electron chi connectivity index (χ0n) is 30.3. The lowest BCUT2D eigenvalue weighted by Crippen LogP contribution is -1.97. The predicted octanol–water partition coefficient (Wildman–Crippen LogP) is 13.8. The maximum absolute atomic E-state index is 6.59. The summed E-state index contributed by atoms with van der Waals surface area (Å²) in [5.41, 5.74) is 14.2. The highest BCUT2D eigenvalue weighted by Crippen LogP contribution is 2.40. The fourth-order valence-electron chi connectivity index (χ4n) is 8.13. The van der Waals surface area contributed by atoms with Crippen molar-refractivity contribution in [2.75, 3.05) is 0 Å². The van der Waals surface area contributed by atoms with Gasteiger partial charge in [-0.25, -0.2) is 9.97 Å². The van der Waals surface area contributed by atoms with Gasteiger partial charge in [-0.3, -0.25) is 0 Å². The first kappa shape index (κ1) is 31.9. The molecule has 0 aliphatic heterocycles. The van der Waals surface area contributed by atoms with Gasteiger partial charge in [0.2, 0.25) is 0 Å². The first-order valence-corrected chi connectivity index (χ1v) is 18.9. The summed E-state index contributed by atoms with van der Waals surface area (Å²) in [6.07, 6.45) is 0. The van der Waals surface area contributed by atoms with Crippen molar-refractivity contribution in [1.29, 1.82) is 0 Å². The molecular weight excluding hydrogens is 683 g/mol. The summed E-state index contributed by atoms with van der Waals surface area (Å²) >= 11 is 0. The van der Waals surface area contributed by atoms with Crippen LogP contribution in [0.15, 0.2) is 205 Å². The summed E-state index contributed by atoms with van der Waals surface area (Å²) in [6, 6.07) is 70.2. The quantitative estimate of drug-likeness (QED) is 0.172. The zero-order chi connectivity index (χ0) is 37.0. The standard InChI is InChI=1S/C52H33N3O/c1-3-14-34(15-4-1)36-18-11-20-38(30-36)45-33-46(54-52(53-45)40-21-12-19-37(31-40)35-16-5-2-6-17-35)39-28-29-42-41-22-7-9-25-47(41)55(49(42)32-39)48-26-13-24-44-43-23-8-10-27-50(43)56-51(44)48/h1-33H. The van der Waals surface area contributed by atoms with E-state index >= 15 is 0 Å². The van der Waals surface area contributed by atoms with Crippen LogP contribution in [0, 0.1) is 0 Å². The first-order valence-electron chi connectivity index (χ1n) is 18.9. The molecule has 0 amide bonds. The molecule has 8 aromatic carbocycles. The Labute approximate surface area is 323 Å². The molecule has 0 N–H and O–H groups in total. The van der Waals surface area contributed by atoms with Crippen molar-refractivity contribution in [2.24, 2.45) is 0 Å². The number of benzene rings is 8. The highest BCUT2D eigenvalue weighted by molar-refractivity contribution is 6.13. The molecule has 0 saturated carbocycles. The van der Waals surface area contributed by atoms with Crippen molar-refractivity contribution in [3.05, 3.63) is 200 Å². The Hall–Kier alpha value is -7.56. The minimum atomic E-state index is 0.674. The predicted molar refractivity (Wildman–Crippen MR) is 231 cm³/mol. The second-order valence-corrected chi connectivity index (χ2v) is 14.2. The summed E-state index contributed by atoms with van der Waals surface area (Å²) in [6.45, 7) is 0. The Balaban J connectivity index is 1.13. The Morgan fingerprint density at radius 2 is 0.875 bits per heavy atom. The van der Waals surface area contributed by atoms with E-state index in [9.17, 15) is 0 Å². The van der Waals surface area contributed by atoms with Gasteiger partial charge in [0.25, 0.3) is 0 Å². The Kier molecular flexibility index (Phi) is 7.46. The van der Waals surface area contributed by atoms with E-state index in [1.54, 1.807) is 0 Å². The van der Waals surface area contributed by atoms with Gasteiger partial charge in [0, 0.05) is 38.2 Å². The topological polar surface area (TPSA) is 43.9 Å². The lowest BCUT2D eigenvalue weighted by molar-refractivity contribution is 0.666. The van der Waals surface area contributed by atoms with Crippen LogP contribution in [0.25, 0.3) is 106 Å². The van der Waals surface area contributed by atoms with E-state index in [1.165, 1.54) is 5.39 Å². The third-order valence-corrected chi connectivity index (χ3v) is 10.8. The van der Waals surface area contributed by atoms with Gasteiger partial charge in [0.15, 0.2) is 11.4 Å². The van der Waals surface area contributed by atoms with Crippen LogP contribution in [-0.4, -0.2) is 14.5 Å². The zero-order valence-corrected chi connectivity index (χ0v) is 30.3. The number of rotatable bonds is 6. The monoisotopic (exact) mass is 715 g/mol. The van der Waals surface area contributed by atoms with Gasteiger partial charge < -0.3 is 8.98 Å². The van der Waals surface area contributed by atoms with Gasteiger partial charge >= 0.3 is 0 Å². The van der Waals surface area contributed by atoms with Crippen molar-refractivity contribution < 1.29 is 4.42 Å². The summed E-state index contributed by atoms with van der Waals surface area (Å²) in [5.74, 6) is 0.674. The molecule has 4 nitrogen and oxygen atoms in total. The van der Waals surface area contributed by atoms with E-state index in [1.807, 2.05) is 24.3 Å². The van der Waals surface area contributed by atoms with Crippen molar-refractivity contribution in [1.82, 2.24) is 14.5 Å². The molecule has 262 valence electrons. The van der Waals surface area contributed by atoms with E-state index in [-0.39, 0.29) is 0 Å². The molecule has 0 spiro atoms. The molecule has 0 aliphatic carbocycles. The van der Waals surface area contributed by atoms with Crippen LogP contribution >= 0.6 is 0 Å². The van der Waals surface area contributed by atoms with Crippen molar-refractivity contribution in [2.45, 2.75) is 0 Å². The average Bonchev–Trinajstić information content (AvgIpc) is 3.83. The average molecular weight is 716 g/mol. The summed E-state index contributed by atoms with van der Waals surface area (Å²) in [5, 5.41) is 4.56. The van der Waals surface area contributed by atoms with Gasteiger partial charge in [-0.05, 0) is 64.7 Å². The largest absolute Gasteiger partial charge is 0.454 e. The second kappa shape index (κ2) is 13.1. The number of furan rings is 1. The fraction of sp³-hybridized carbons (Fsp3) is 0.